The second-order valence-electron chi connectivity index (χ2n) is 6.97. The molecule has 2 bridgehead atoms. The lowest BCUT2D eigenvalue weighted by atomic mass is 9.50. The third-order valence-electron chi connectivity index (χ3n) is 6.00. The topological polar surface area (TPSA) is 0 Å². The Kier molecular flexibility index (Phi) is 3.66. The minimum absolute atomic E-state index is 0.756. The Morgan fingerprint density at radius 2 is 1.44 bits per heavy atom. The van der Waals surface area contributed by atoms with Crippen LogP contribution in [0.25, 0.3) is 0 Å². The molecule has 0 aromatic rings. The van der Waals surface area contributed by atoms with E-state index in [0.29, 0.717) is 0 Å². The maximum atomic E-state index is 2.45. The SMILES string of the molecule is CCCCCC12CCC(C(C)C)(CC1)CC2. The molecule has 3 fully saturated rings. The van der Waals surface area contributed by atoms with Crippen molar-refractivity contribution in [3.63, 3.8) is 0 Å². The van der Waals surface area contributed by atoms with E-state index in [1.165, 1.54) is 44.9 Å². The first-order chi connectivity index (χ1) is 7.63. The van der Waals surface area contributed by atoms with Gasteiger partial charge in [0, 0.05) is 0 Å². The summed E-state index contributed by atoms with van der Waals surface area (Å²) in [7, 11) is 0. The highest BCUT2D eigenvalue weighted by molar-refractivity contribution is 5.00. The molecule has 0 amide bonds. The molecule has 0 aromatic heterocycles. The van der Waals surface area contributed by atoms with Crippen LogP contribution in [0.1, 0.15) is 85.0 Å². The molecule has 0 spiro atoms. The van der Waals surface area contributed by atoms with Gasteiger partial charge < -0.3 is 0 Å². The van der Waals surface area contributed by atoms with Gasteiger partial charge in [0.1, 0.15) is 0 Å². The monoisotopic (exact) mass is 222 g/mol. The van der Waals surface area contributed by atoms with Gasteiger partial charge in [0.15, 0.2) is 0 Å². The number of rotatable bonds is 5. The third kappa shape index (κ3) is 2.17. The van der Waals surface area contributed by atoms with Gasteiger partial charge in [-0.2, -0.15) is 0 Å². The summed E-state index contributed by atoms with van der Waals surface area (Å²) >= 11 is 0. The van der Waals surface area contributed by atoms with Gasteiger partial charge >= 0.3 is 0 Å². The zero-order valence-corrected chi connectivity index (χ0v) is 11.6. The van der Waals surface area contributed by atoms with Crippen molar-refractivity contribution in [2.24, 2.45) is 16.7 Å². The molecule has 94 valence electrons. The Bertz CT molecular complexity index is 202. The summed E-state index contributed by atoms with van der Waals surface area (Å²) in [4.78, 5) is 0. The van der Waals surface area contributed by atoms with Gasteiger partial charge in [-0.3, -0.25) is 0 Å². The highest BCUT2D eigenvalue weighted by Gasteiger charge is 2.48. The molecule has 0 aliphatic heterocycles. The molecular weight excluding hydrogens is 192 g/mol. The van der Waals surface area contributed by atoms with Gasteiger partial charge in [0.25, 0.3) is 0 Å². The highest BCUT2D eigenvalue weighted by Crippen LogP contribution is 2.61. The molecule has 0 nitrogen and oxygen atoms in total. The highest BCUT2D eigenvalue weighted by atomic mass is 14.5. The normalized spacial score (nSPS) is 38.2. The molecule has 0 atom stereocenters. The zero-order valence-electron chi connectivity index (χ0n) is 11.6. The number of hydrogen-bond acceptors (Lipinski definition) is 0. The average Bonchev–Trinajstić information content (AvgIpc) is 2.31. The lowest BCUT2D eigenvalue weighted by molar-refractivity contribution is -0.0435. The first-order valence-electron chi connectivity index (χ1n) is 7.63. The Morgan fingerprint density at radius 1 is 0.875 bits per heavy atom. The minimum Gasteiger partial charge on any atom is -0.0654 e. The van der Waals surface area contributed by atoms with Crippen molar-refractivity contribution in [1.29, 1.82) is 0 Å². The maximum absolute atomic E-state index is 2.45. The Morgan fingerprint density at radius 3 is 1.88 bits per heavy atom. The maximum Gasteiger partial charge on any atom is -0.0274 e. The van der Waals surface area contributed by atoms with Crippen molar-refractivity contribution in [1.82, 2.24) is 0 Å². The van der Waals surface area contributed by atoms with Crippen LogP contribution in [0.5, 0.6) is 0 Å². The van der Waals surface area contributed by atoms with E-state index in [1.807, 2.05) is 0 Å². The number of unbranched alkanes of at least 4 members (excludes halogenated alkanes) is 2. The quantitative estimate of drug-likeness (QED) is 0.534. The van der Waals surface area contributed by atoms with Crippen LogP contribution in [0.2, 0.25) is 0 Å². The van der Waals surface area contributed by atoms with Crippen molar-refractivity contribution >= 4 is 0 Å². The lowest BCUT2D eigenvalue weighted by Gasteiger charge is -2.56. The molecule has 3 aliphatic carbocycles. The van der Waals surface area contributed by atoms with Gasteiger partial charge in [-0.05, 0) is 61.7 Å². The van der Waals surface area contributed by atoms with E-state index in [-0.39, 0.29) is 0 Å². The largest absolute Gasteiger partial charge is 0.0654 e. The van der Waals surface area contributed by atoms with Gasteiger partial charge in [-0.1, -0.05) is 40.0 Å². The summed E-state index contributed by atoms with van der Waals surface area (Å²) < 4.78 is 0. The standard InChI is InChI=1S/C16H30/c1-4-5-6-7-15-8-11-16(12-9-15,13-10-15)14(2)3/h14H,4-13H2,1-3H3. The van der Waals surface area contributed by atoms with Crippen molar-refractivity contribution in [2.45, 2.75) is 85.0 Å². The summed E-state index contributed by atoms with van der Waals surface area (Å²) in [5.74, 6) is 0.918. The van der Waals surface area contributed by atoms with Crippen molar-refractivity contribution in [3.05, 3.63) is 0 Å². The Balaban J connectivity index is 1.90. The van der Waals surface area contributed by atoms with Crippen LogP contribution in [0, 0.1) is 16.7 Å². The second kappa shape index (κ2) is 4.70. The molecule has 3 saturated carbocycles. The smallest absolute Gasteiger partial charge is 0.0274 e. The van der Waals surface area contributed by atoms with E-state index < -0.39 is 0 Å². The molecule has 0 radical (unpaired) electrons. The van der Waals surface area contributed by atoms with E-state index >= 15 is 0 Å². The molecular formula is C16H30. The Labute approximate surface area is 102 Å². The van der Waals surface area contributed by atoms with Gasteiger partial charge in [-0.15, -0.1) is 0 Å². The van der Waals surface area contributed by atoms with Crippen LogP contribution in [-0.4, -0.2) is 0 Å². The van der Waals surface area contributed by atoms with Crippen LogP contribution < -0.4 is 0 Å². The molecule has 3 aliphatic rings. The summed E-state index contributed by atoms with van der Waals surface area (Å²) in [6.45, 7) is 7.23. The van der Waals surface area contributed by atoms with Crippen molar-refractivity contribution < 1.29 is 0 Å². The van der Waals surface area contributed by atoms with Crippen LogP contribution >= 0.6 is 0 Å². The van der Waals surface area contributed by atoms with Crippen LogP contribution in [-0.2, 0) is 0 Å². The van der Waals surface area contributed by atoms with E-state index in [2.05, 4.69) is 20.8 Å². The first-order valence-corrected chi connectivity index (χ1v) is 7.63. The molecule has 0 heterocycles. The fourth-order valence-electron chi connectivity index (χ4n) is 4.28. The van der Waals surface area contributed by atoms with Crippen LogP contribution in [0.15, 0.2) is 0 Å². The fraction of sp³-hybridized carbons (Fsp3) is 1.00. The Hall–Kier alpha value is 0. The van der Waals surface area contributed by atoms with Crippen LogP contribution in [0.3, 0.4) is 0 Å². The van der Waals surface area contributed by atoms with E-state index in [0.717, 1.165) is 16.7 Å². The predicted octanol–water partition coefficient (Wildman–Crippen LogP) is 5.56. The molecule has 0 aromatic carbocycles. The molecule has 0 saturated heterocycles. The summed E-state index contributed by atoms with van der Waals surface area (Å²) in [5.41, 5.74) is 1.55. The molecule has 0 heteroatoms. The van der Waals surface area contributed by atoms with Crippen molar-refractivity contribution in [2.75, 3.05) is 0 Å². The summed E-state index contributed by atoms with van der Waals surface area (Å²) in [6, 6.07) is 0. The number of fused-ring (bicyclic) bond motifs is 3. The summed E-state index contributed by atoms with van der Waals surface area (Å²) in [6.07, 6.45) is 15.1. The van der Waals surface area contributed by atoms with Gasteiger partial charge in [-0.25, -0.2) is 0 Å². The molecule has 16 heavy (non-hydrogen) atoms. The lowest BCUT2D eigenvalue weighted by Crippen LogP contribution is -2.44. The predicted molar refractivity (Wildman–Crippen MR) is 71.5 cm³/mol. The van der Waals surface area contributed by atoms with Gasteiger partial charge in [0.2, 0.25) is 0 Å². The van der Waals surface area contributed by atoms with Crippen LogP contribution in [0.4, 0.5) is 0 Å². The summed E-state index contributed by atoms with van der Waals surface area (Å²) in [5, 5.41) is 0. The average molecular weight is 222 g/mol. The van der Waals surface area contributed by atoms with Gasteiger partial charge in [0.05, 0.1) is 0 Å². The molecule has 3 rings (SSSR count). The first kappa shape index (κ1) is 12.5. The second-order valence-corrected chi connectivity index (χ2v) is 6.97. The molecule has 0 unspecified atom stereocenters. The molecule has 0 N–H and O–H groups in total. The fourth-order valence-corrected chi connectivity index (χ4v) is 4.28. The van der Waals surface area contributed by atoms with E-state index in [1.54, 1.807) is 19.3 Å². The zero-order chi connectivity index (χ0) is 11.6. The number of hydrogen-bond donors (Lipinski definition) is 0. The van der Waals surface area contributed by atoms with E-state index in [9.17, 15) is 0 Å². The van der Waals surface area contributed by atoms with Crippen molar-refractivity contribution in [3.8, 4) is 0 Å². The minimum atomic E-state index is 0.756. The third-order valence-corrected chi connectivity index (χ3v) is 6.00. The van der Waals surface area contributed by atoms with E-state index in [4.69, 9.17) is 0 Å².